The van der Waals surface area contributed by atoms with Gasteiger partial charge in [-0.05, 0) is 53.5 Å². The SMILES string of the molecule is O=C(c1ccn2nnnc2c1)N(CC(F)(F)F)C1CCCc2cccnc21. The van der Waals surface area contributed by atoms with E-state index in [1.54, 1.807) is 12.3 Å². The number of aryl methyl sites for hydroxylation is 1. The van der Waals surface area contributed by atoms with Gasteiger partial charge in [0.15, 0.2) is 5.65 Å². The van der Waals surface area contributed by atoms with Gasteiger partial charge in [0.05, 0.1) is 11.7 Å². The lowest BCUT2D eigenvalue weighted by molar-refractivity contribution is -0.145. The fourth-order valence-electron chi connectivity index (χ4n) is 3.44. The van der Waals surface area contributed by atoms with Crippen LogP contribution in [0.3, 0.4) is 0 Å². The van der Waals surface area contributed by atoms with Gasteiger partial charge >= 0.3 is 6.18 Å². The van der Waals surface area contributed by atoms with Gasteiger partial charge in [-0.2, -0.15) is 13.2 Å². The van der Waals surface area contributed by atoms with Gasteiger partial charge < -0.3 is 4.90 Å². The fraction of sp³-hybridized carbons (Fsp3) is 0.353. The van der Waals surface area contributed by atoms with Crippen molar-refractivity contribution in [2.75, 3.05) is 6.54 Å². The molecule has 1 aliphatic carbocycles. The summed E-state index contributed by atoms with van der Waals surface area (Å²) in [5.41, 5.74) is 1.80. The lowest BCUT2D eigenvalue weighted by Crippen LogP contribution is -2.43. The van der Waals surface area contributed by atoms with Gasteiger partial charge in [-0.1, -0.05) is 6.07 Å². The van der Waals surface area contributed by atoms with Gasteiger partial charge in [0.25, 0.3) is 5.91 Å². The Balaban J connectivity index is 1.74. The zero-order chi connectivity index (χ0) is 19.0. The van der Waals surface area contributed by atoms with E-state index in [4.69, 9.17) is 0 Å². The van der Waals surface area contributed by atoms with Gasteiger partial charge in [-0.3, -0.25) is 9.78 Å². The minimum Gasteiger partial charge on any atom is -0.321 e. The molecule has 1 amide bonds. The van der Waals surface area contributed by atoms with Crippen LogP contribution in [0.25, 0.3) is 5.65 Å². The van der Waals surface area contributed by atoms with Gasteiger partial charge in [0.2, 0.25) is 0 Å². The molecule has 10 heteroatoms. The Kier molecular flexibility index (Phi) is 4.25. The van der Waals surface area contributed by atoms with E-state index < -0.39 is 24.7 Å². The quantitative estimate of drug-likeness (QED) is 0.702. The van der Waals surface area contributed by atoms with Crippen LogP contribution >= 0.6 is 0 Å². The number of nitrogens with zero attached hydrogens (tertiary/aromatic N) is 6. The van der Waals surface area contributed by atoms with E-state index in [1.165, 1.54) is 22.8 Å². The van der Waals surface area contributed by atoms with Crippen molar-refractivity contribution in [3.05, 3.63) is 53.5 Å². The van der Waals surface area contributed by atoms with Gasteiger partial charge in [0.1, 0.15) is 6.54 Å². The summed E-state index contributed by atoms with van der Waals surface area (Å²) in [6.45, 7) is -1.34. The van der Waals surface area contributed by atoms with E-state index in [0.29, 0.717) is 18.5 Å². The highest BCUT2D eigenvalue weighted by atomic mass is 19.4. The topological polar surface area (TPSA) is 76.3 Å². The summed E-state index contributed by atoms with van der Waals surface area (Å²) in [5, 5.41) is 10.9. The van der Waals surface area contributed by atoms with Crippen molar-refractivity contribution in [1.82, 2.24) is 29.9 Å². The van der Waals surface area contributed by atoms with Crippen molar-refractivity contribution in [3.63, 3.8) is 0 Å². The second-order valence-electron chi connectivity index (χ2n) is 6.40. The summed E-state index contributed by atoms with van der Waals surface area (Å²) < 4.78 is 41.1. The molecule has 1 aliphatic rings. The summed E-state index contributed by atoms with van der Waals surface area (Å²) in [4.78, 5) is 18.2. The van der Waals surface area contributed by atoms with Crippen molar-refractivity contribution in [2.24, 2.45) is 0 Å². The van der Waals surface area contributed by atoms with E-state index >= 15 is 0 Å². The van der Waals surface area contributed by atoms with Crippen LogP contribution in [0.4, 0.5) is 13.2 Å². The number of carbonyl (C=O) groups is 1. The van der Waals surface area contributed by atoms with Crippen LogP contribution in [-0.4, -0.2) is 48.6 Å². The number of hydrogen-bond donors (Lipinski definition) is 0. The molecule has 0 spiro atoms. The van der Waals surface area contributed by atoms with Gasteiger partial charge in [-0.25, -0.2) is 4.52 Å². The molecule has 4 rings (SSSR count). The summed E-state index contributed by atoms with van der Waals surface area (Å²) in [7, 11) is 0. The zero-order valence-electron chi connectivity index (χ0n) is 14.1. The number of tetrazole rings is 1. The molecule has 0 radical (unpaired) electrons. The number of alkyl halides is 3. The lowest BCUT2D eigenvalue weighted by atomic mass is 9.90. The number of pyridine rings is 2. The van der Waals surface area contributed by atoms with E-state index in [2.05, 4.69) is 20.5 Å². The number of amides is 1. The molecule has 3 aromatic rings. The number of hydrogen-bond acceptors (Lipinski definition) is 5. The molecule has 0 N–H and O–H groups in total. The molecule has 0 fully saturated rings. The first-order valence-corrected chi connectivity index (χ1v) is 8.42. The maximum Gasteiger partial charge on any atom is 0.406 e. The number of halogens is 3. The first-order chi connectivity index (χ1) is 12.9. The second-order valence-corrected chi connectivity index (χ2v) is 6.40. The van der Waals surface area contributed by atoms with Crippen molar-refractivity contribution in [2.45, 2.75) is 31.5 Å². The Morgan fingerprint density at radius 3 is 3.00 bits per heavy atom. The maximum atomic E-state index is 13.3. The molecule has 0 saturated carbocycles. The van der Waals surface area contributed by atoms with Crippen LogP contribution in [0.2, 0.25) is 0 Å². The summed E-state index contributed by atoms with van der Waals surface area (Å²) in [5.74, 6) is -0.721. The van der Waals surface area contributed by atoms with Gasteiger partial charge in [-0.15, -0.1) is 5.10 Å². The Morgan fingerprint density at radius 1 is 1.33 bits per heavy atom. The number of aromatic nitrogens is 5. The van der Waals surface area contributed by atoms with Crippen molar-refractivity contribution in [3.8, 4) is 0 Å². The number of rotatable bonds is 3. The molecule has 3 aromatic heterocycles. The second kappa shape index (κ2) is 6.60. The molecule has 1 atom stereocenters. The largest absolute Gasteiger partial charge is 0.406 e. The van der Waals surface area contributed by atoms with E-state index in [0.717, 1.165) is 16.9 Å². The fourth-order valence-corrected chi connectivity index (χ4v) is 3.44. The molecular weight excluding hydrogens is 361 g/mol. The zero-order valence-corrected chi connectivity index (χ0v) is 14.1. The molecule has 27 heavy (non-hydrogen) atoms. The average Bonchev–Trinajstić information content (AvgIpc) is 3.12. The first kappa shape index (κ1) is 17.4. The van der Waals surface area contributed by atoms with E-state index in [9.17, 15) is 18.0 Å². The maximum absolute atomic E-state index is 13.3. The molecule has 0 aromatic carbocycles. The highest BCUT2D eigenvalue weighted by molar-refractivity contribution is 5.95. The molecule has 0 saturated heterocycles. The smallest absolute Gasteiger partial charge is 0.321 e. The van der Waals surface area contributed by atoms with Crippen LogP contribution in [0, 0.1) is 0 Å². The molecular formula is C17H15F3N6O. The lowest BCUT2D eigenvalue weighted by Gasteiger charge is -2.35. The average molecular weight is 376 g/mol. The van der Waals surface area contributed by atoms with Crippen LogP contribution in [0.5, 0.6) is 0 Å². The Labute approximate surface area is 151 Å². The molecule has 3 heterocycles. The van der Waals surface area contributed by atoms with Crippen molar-refractivity contribution >= 4 is 11.6 Å². The van der Waals surface area contributed by atoms with Crippen molar-refractivity contribution in [1.29, 1.82) is 0 Å². The third-order valence-electron chi connectivity index (χ3n) is 4.60. The van der Waals surface area contributed by atoms with E-state index in [-0.39, 0.29) is 11.2 Å². The third kappa shape index (κ3) is 3.46. The Bertz CT molecular complexity index is 986. The highest BCUT2D eigenvalue weighted by Crippen LogP contribution is 2.35. The minimum atomic E-state index is -4.53. The molecule has 140 valence electrons. The van der Waals surface area contributed by atoms with E-state index in [1.807, 2.05) is 6.07 Å². The van der Waals surface area contributed by atoms with Gasteiger partial charge in [0, 0.05) is 18.0 Å². The number of fused-ring (bicyclic) bond motifs is 2. The Morgan fingerprint density at radius 2 is 2.19 bits per heavy atom. The predicted molar refractivity (Wildman–Crippen MR) is 87.8 cm³/mol. The summed E-state index contributed by atoms with van der Waals surface area (Å²) >= 11 is 0. The Hall–Kier alpha value is -3.04. The normalized spacial score (nSPS) is 16.9. The van der Waals surface area contributed by atoms with Crippen LogP contribution < -0.4 is 0 Å². The summed E-state index contributed by atoms with van der Waals surface area (Å²) in [6, 6.07) is 5.67. The molecule has 0 aliphatic heterocycles. The standard InChI is InChI=1S/C17H15F3N6O/c18-17(19,20)10-25(13-5-1-3-11-4-2-7-21-15(11)13)16(27)12-6-8-26-14(9-12)22-23-24-26/h2,4,6-9,13H,1,3,5,10H2. The molecule has 1 unspecified atom stereocenters. The molecule has 7 nitrogen and oxygen atoms in total. The predicted octanol–water partition coefficient (Wildman–Crippen LogP) is 2.60. The molecule has 0 bridgehead atoms. The monoisotopic (exact) mass is 376 g/mol. The first-order valence-electron chi connectivity index (χ1n) is 8.42. The number of carbonyl (C=O) groups excluding carboxylic acids is 1. The van der Waals surface area contributed by atoms with Crippen LogP contribution in [0.15, 0.2) is 36.7 Å². The van der Waals surface area contributed by atoms with Crippen LogP contribution in [-0.2, 0) is 6.42 Å². The summed E-state index contributed by atoms with van der Waals surface area (Å²) in [6.07, 6.45) is 0.328. The highest BCUT2D eigenvalue weighted by Gasteiger charge is 2.39. The third-order valence-corrected chi connectivity index (χ3v) is 4.60. The van der Waals surface area contributed by atoms with Crippen molar-refractivity contribution < 1.29 is 18.0 Å². The minimum absolute atomic E-state index is 0.101. The van der Waals surface area contributed by atoms with Crippen LogP contribution in [0.1, 0.15) is 40.5 Å².